The van der Waals surface area contributed by atoms with Gasteiger partial charge in [0.15, 0.2) is 0 Å². The fourth-order valence-corrected chi connectivity index (χ4v) is 2.51. The zero-order valence-corrected chi connectivity index (χ0v) is 16.8. The minimum atomic E-state index is -1.12. The Bertz CT molecular complexity index is 649. The number of ether oxygens (including phenoxy) is 1. The third kappa shape index (κ3) is 7.66. The number of carboxylic acids is 1. The van der Waals surface area contributed by atoms with Gasteiger partial charge in [-0.3, -0.25) is 9.59 Å². The van der Waals surface area contributed by atoms with Crippen LogP contribution in [-0.4, -0.2) is 47.6 Å². The summed E-state index contributed by atoms with van der Waals surface area (Å²) in [4.78, 5) is 36.1. The highest BCUT2D eigenvalue weighted by molar-refractivity contribution is 5.92. The van der Waals surface area contributed by atoms with E-state index in [2.05, 4.69) is 10.6 Å². The molecule has 0 saturated carbocycles. The maximum absolute atomic E-state index is 12.5. The predicted octanol–water partition coefficient (Wildman–Crippen LogP) is 0.897. The van der Waals surface area contributed by atoms with Gasteiger partial charge in [0.25, 0.3) is 0 Å². The van der Waals surface area contributed by atoms with E-state index in [-0.39, 0.29) is 18.4 Å². The fraction of sp³-hybridized carbons (Fsp3) is 0.550. The highest BCUT2D eigenvalue weighted by Crippen LogP contribution is 2.07. The van der Waals surface area contributed by atoms with Crippen molar-refractivity contribution in [1.82, 2.24) is 10.6 Å². The molecule has 0 aliphatic carbocycles. The molecule has 0 saturated heterocycles. The Morgan fingerprint density at radius 1 is 0.964 bits per heavy atom. The number of nitrogens with two attached hydrogens (primary N) is 1. The predicted molar refractivity (Wildman–Crippen MR) is 105 cm³/mol. The maximum atomic E-state index is 12.5. The molecule has 0 aliphatic heterocycles. The number of nitrogens with one attached hydrogen (secondary N) is 2. The molecule has 0 spiro atoms. The minimum absolute atomic E-state index is 0.00307. The van der Waals surface area contributed by atoms with Crippen LogP contribution < -0.4 is 16.4 Å². The number of carboxylic acid groups (broad SMARTS) is 1. The highest BCUT2D eigenvalue weighted by Gasteiger charge is 2.31. The second kappa shape index (κ2) is 11.4. The molecule has 28 heavy (non-hydrogen) atoms. The van der Waals surface area contributed by atoms with Crippen molar-refractivity contribution in [3.05, 3.63) is 35.9 Å². The summed E-state index contributed by atoms with van der Waals surface area (Å²) in [6, 6.07) is 6.60. The maximum Gasteiger partial charge on any atom is 0.326 e. The molecule has 0 fully saturated rings. The van der Waals surface area contributed by atoms with E-state index in [0.29, 0.717) is 6.61 Å². The monoisotopic (exact) mass is 393 g/mol. The molecule has 156 valence electrons. The van der Waals surface area contributed by atoms with Crippen LogP contribution in [0.15, 0.2) is 30.3 Å². The van der Waals surface area contributed by atoms with Crippen LogP contribution in [0.3, 0.4) is 0 Å². The average Bonchev–Trinajstić information content (AvgIpc) is 2.63. The Morgan fingerprint density at radius 3 is 2.00 bits per heavy atom. The molecule has 0 aromatic heterocycles. The third-order valence-corrected chi connectivity index (χ3v) is 4.22. The van der Waals surface area contributed by atoms with Gasteiger partial charge in [-0.05, 0) is 17.4 Å². The number of carbonyl (C=O) groups excluding carboxylic acids is 2. The molecule has 0 aliphatic rings. The van der Waals surface area contributed by atoms with E-state index in [1.165, 1.54) is 0 Å². The standard InChI is InChI=1S/C20H31N3O5/c1-12(2)16(19(25)23-17(13(3)4)20(26)27)22-18(24)15(21)11-28-10-14-8-6-5-7-9-14/h5-9,12-13,15-17H,10-11,21H2,1-4H3,(H,22,24)(H,23,25)(H,26,27)/t15-,16-,17-/m0/s1. The molecule has 8 nitrogen and oxygen atoms in total. The van der Waals surface area contributed by atoms with E-state index < -0.39 is 35.9 Å². The lowest BCUT2D eigenvalue weighted by Crippen LogP contribution is -2.57. The smallest absolute Gasteiger partial charge is 0.326 e. The Morgan fingerprint density at radius 2 is 1.50 bits per heavy atom. The molecule has 0 bridgehead atoms. The number of hydrogen-bond acceptors (Lipinski definition) is 5. The number of aliphatic carboxylic acids is 1. The second-order valence-electron chi connectivity index (χ2n) is 7.41. The molecule has 3 atom stereocenters. The van der Waals surface area contributed by atoms with Crippen LogP contribution in [0.1, 0.15) is 33.3 Å². The summed E-state index contributed by atoms with van der Waals surface area (Å²) < 4.78 is 5.47. The molecule has 0 heterocycles. The van der Waals surface area contributed by atoms with Gasteiger partial charge in [-0.2, -0.15) is 0 Å². The summed E-state index contributed by atoms with van der Waals surface area (Å²) in [6.07, 6.45) is 0. The Kier molecular flexibility index (Phi) is 9.61. The molecule has 0 radical (unpaired) electrons. The molecule has 1 rings (SSSR count). The fourth-order valence-electron chi connectivity index (χ4n) is 2.51. The molecule has 1 aromatic rings. The van der Waals surface area contributed by atoms with Gasteiger partial charge < -0.3 is 26.2 Å². The summed E-state index contributed by atoms with van der Waals surface area (Å²) >= 11 is 0. The lowest BCUT2D eigenvalue weighted by atomic mass is 10.00. The van der Waals surface area contributed by atoms with Crippen LogP contribution >= 0.6 is 0 Å². The van der Waals surface area contributed by atoms with E-state index in [0.717, 1.165) is 5.56 Å². The largest absolute Gasteiger partial charge is 0.480 e. The van der Waals surface area contributed by atoms with Gasteiger partial charge in [0.05, 0.1) is 13.2 Å². The van der Waals surface area contributed by atoms with E-state index >= 15 is 0 Å². The minimum Gasteiger partial charge on any atom is -0.480 e. The van der Waals surface area contributed by atoms with Gasteiger partial charge in [-0.15, -0.1) is 0 Å². The summed E-state index contributed by atoms with van der Waals surface area (Å²) in [5, 5.41) is 14.3. The van der Waals surface area contributed by atoms with Gasteiger partial charge in [0.2, 0.25) is 11.8 Å². The number of amides is 2. The first-order valence-electron chi connectivity index (χ1n) is 9.34. The quantitative estimate of drug-likeness (QED) is 0.442. The molecule has 5 N–H and O–H groups in total. The summed E-state index contributed by atoms with van der Waals surface area (Å²) in [6.45, 7) is 7.23. The van der Waals surface area contributed by atoms with E-state index in [4.69, 9.17) is 10.5 Å². The summed E-state index contributed by atoms with van der Waals surface area (Å²) in [5.41, 5.74) is 6.83. The van der Waals surface area contributed by atoms with Gasteiger partial charge in [0.1, 0.15) is 18.1 Å². The van der Waals surface area contributed by atoms with E-state index in [9.17, 15) is 19.5 Å². The van der Waals surface area contributed by atoms with Gasteiger partial charge in [-0.25, -0.2) is 4.79 Å². The SMILES string of the molecule is CC(C)[C@H](NC(=O)[C@@H](NC(=O)[C@@H](N)COCc1ccccc1)C(C)C)C(=O)O. The number of hydrogen-bond donors (Lipinski definition) is 4. The number of benzene rings is 1. The molecule has 8 heteroatoms. The lowest BCUT2D eigenvalue weighted by molar-refractivity contribution is -0.143. The molecule has 2 amide bonds. The Hall–Kier alpha value is -2.45. The van der Waals surface area contributed by atoms with Crippen molar-refractivity contribution in [3.8, 4) is 0 Å². The van der Waals surface area contributed by atoms with Crippen LogP contribution in [-0.2, 0) is 25.7 Å². The third-order valence-electron chi connectivity index (χ3n) is 4.22. The molecule has 0 unspecified atom stereocenters. The summed E-state index contributed by atoms with van der Waals surface area (Å²) in [5.74, 6) is -2.75. The van der Waals surface area contributed by atoms with Crippen LogP contribution in [0, 0.1) is 11.8 Å². The van der Waals surface area contributed by atoms with Crippen molar-refractivity contribution in [2.24, 2.45) is 17.6 Å². The Balaban J connectivity index is 2.60. The van der Waals surface area contributed by atoms with Crippen molar-refractivity contribution in [3.63, 3.8) is 0 Å². The zero-order valence-electron chi connectivity index (χ0n) is 16.8. The van der Waals surface area contributed by atoms with Gasteiger partial charge in [0, 0.05) is 0 Å². The van der Waals surface area contributed by atoms with Crippen molar-refractivity contribution < 1.29 is 24.2 Å². The van der Waals surface area contributed by atoms with Crippen molar-refractivity contribution >= 4 is 17.8 Å². The highest BCUT2D eigenvalue weighted by atomic mass is 16.5. The number of carbonyl (C=O) groups is 3. The van der Waals surface area contributed by atoms with Crippen LogP contribution in [0.4, 0.5) is 0 Å². The first-order valence-corrected chi connectivity index (χ1v) is 9.34. The molecular weight excluding hydrogens is 362 g/mol. The topological polar surface area (TPSA) is 131 Å². The van der Waals surface area contributed by atoms with Crippen LogP contribution in [0.2, 0.25) is 0 Å². The second-order valence-corrected chi connectivity index (χ2v) is 7.41. The van der Waals surface area contributed by atoms with Crippen LogP contribution in [0.25, 0.3) is 0 Å². The summed E-state index contributed by atoms with van der Waals surface area (Å²) in [7, 11) is 0. The van der Waals surface area contributed by atoms with Gasteiger partial charge >= 0.3 is 5.97 Å². The first kappa shape index (κ1) is 23.6. The normalized spacial score (nSPS) is 14.4. The lowest BCUT2D eigenvalue weighted by Gasteiger charge is -2.26. The van der Waals surface area contributed by atoms with Crippen molar-refractivity contribution in [1.29, 1.82) is 0 Å². The van der Waals surface area contributed by atoms with Crippen LogP contribution in [0.5, 0.6) is 0 Å². The number of rotatable bonds is 11. The zero-order chi connectivity index (χ0) is 21.3. The van der Waals surface area contributed by atoms with Gasteiger partial charge in [-0.1, -0.05) is 58.0 Å². The van der Waals surface area contributed by atoms with E-state index in [1.807, 2.05) is 30.3 Å². The first-order chi connectivity index (χ1) is 13.1. The van der Waals surface area contributed by atoms with E-state index in [1.54, 1.807) is 27.7 Å². The Labute approximate surface area is 165 Å². The molecule has 1 aromatic carbocycles. The molecular formula is C20H31N3O5. The van der Waals surface area contributed by atoms with Crippen molar-refractivity contribution in [2.75, 3.05) is 6.61 Å². The van der Waals surface area contributed by atoms with Crippen molar-refractivity contribution in [2.45, 2.75) is 52.4 Å². The average molecular weight is 393 g/mol.